The molecule has 1 saturated heterocycles. The number of hydrogen-bond acceptors (Lipinski definition) is 5. The third-order valence-corrected chi connectivity index (χ3v) is 5.48. The van der Waals surface area contributed by atoms with Crippen molar-refractivity contribution in [2.75, 3.05) is 18.4 Å². The lowest BCUT2D eigenvalue weighted by atomic mass is 9.90. The topological polar surface area (TPSA) is 83.2 Å². The summed E-state index contributed by atoms with van der Waals surface area (Å²) in [5.74, 6) is 0. The van der Waals surface area contributed by atoms with Crippen LogP contribution in [-0.2, 0) is 0 Å². The first kappa shape index (κ1) is 17.6. The average molecular weight is 335 g/mol. The zero-order valence-electron chi connectivity index (χ0n) is 14.4. The number of piperidine rings is 1. The molecule has 0 radical (unpaired) electrons. The van der Waals surface area contributed by atoms with Gasteiger partial charge in [-0.1, -0.05) is 6.07 Å². The molecule has 0 aromatic heterocycles. The Bertz CT molecular complexity index is 536. The molecule has 0 spiro atoms. The van der Waals surface area contributed by atoms with E-state index >= 15 is 0 Å². The highest BCUT2D eigenvalue weighted by Gasteiger charge is 2.28. The Labute approximate surface area is 143 Å². The summed E-state index contributed by atoms with van der Waals surface area (Å²) in [6, 6.07) is 6.40. The van der Waals surface area contributed by atoms with Crippen molar-refractivity contribution < 1.29 is 15.5 Å². The predicted molar refractivity (Wildman–Crippen MR) is 93.4 cm³/mol. The van der Waals surface area contributed by atoms with Crippen LogP contribution in [-0.4, -0.2) is 46.5 Å². The molecule has 24 heavy (non-hydrogen) atoms. The number of aliphatic hydroxyl groups excluding tert-OH is 1. The van der Waals surface area contributed by atoms with E-state index in [9.17, 15) is 15.5 Å². The Kier molecular flexibility index (Phi) is 5.73. The fourth-order valence-corrected chi connectivity index (χ4v) is 4.02. The largest absolute Gasteiger partial charge is 0.595 e. The third kappa shape index (κ3) is 4.26. The van der Waals surface area contributed by atoms with Crippen molar-refractivity contribution in [2.45, 2.75) is 63.6 Å². The zero-order chi connectivity index (χ0) is 17.1. The number of anilines is 1. The minimum absolute atomic E-state index is 0.101. The molecular weight excluding hydrogens is 306 g/mol. The first-order valence-corrected chi connectivity index (χ1v) is 9.05. The fourth-order valence-electron chi connectivity index (χ4n) is 4.02. The molecule has 0 bridgehead atoms. The summed E-state index contributed by atoms with van der Waals surface area (Å²) in [6.07, 6.45) is 6.01. The van der Waals surface area contributed by atoms with E-state index in [1.165, 1.54) is 0 Å². The molecule has 1 aromatic rings. The summed E-state index contributed by atoms with van der Waals surface area (Å²) in [6.45, 7) is 4.08. The maximum absolute atomic E-state index is 11.4. The summed E-state index contributed by atoms with van der Waals surface area (Å²) >= 11 is 0. The van der Waals surface area contributed by atoms with Gasteiger partial charge in [-0.2, -0.15) is 5.23 Å². The molecule has 6 nitrogen and oxygen atoms in total. The SMILES string of the molecule is Cc1ccc([NH+]([O-])O)c(NC2CCN(C3CCC(O)CC3)CC2)c1. The highest BCUT2D eigenvalue weighted by atomic mass is 16.8. The highest BCUT2D eigenvalue weighted by Crippen LogP contribution is 2.28. The number of rotatable bonds is 4. The lowest BCUT2D eigenvalue weighted by Crippen LogP contribution is -2.99. The molecule has 0 amide bonds. The van der Waals surface area contributed by atoms with Crippen molar-refractivity contribution in [3.05, 3.63) is 29.0 Å². The Balaban J connectivity index is 1.55. The minimum atomic E-state index is -0.879. The van der Waals surface area contributed by atoms with Gasteiger partial charge in [0.25, 0.3) is 0 Å². The van der Waals surface area contributed by atoms with Crippen molar-refractivity contribution >= 4 is 11.4 Å². The van der Waals surface area contributed by atoms with Crippen molar-refractivity contribution in [3.63, 3.8) is 0 Å². The standard InChI is InChI=1S/C18H29N3O3/c1-13-2-7-18(21(23)24)17(12-13)19-14-8-10-20(11-9-14)15-3-5-16(22)6-4-15/h2,7,12,14-16,19,21-23H,3-6,8-11H2,1H3. The summed E-state index contributed by atoms with van der Waals surface area (Å²) in [5, 5.41) is 33.0. The third-order valence-electron chi connectivity index (χ3n) is 5.48. The number of likely N-dealkylation sites (tertiary alicyclic amines) is 1. The number of quaternary nitrogens is 1. The highest BCUT2D eigenvalue weighted by molar-refractivity contribution is 5.62. The van der Waals surface area contributed by atoms with Crippen molar-refractivity contribution in [2.24, 2.45) is 0 Å². The maximum Gasteiger partial charge on any atom is 0.187 e. The molecule has 1 unspecified atom stereocenters. The first-order valence-electron chi connectivity index (χ1n) is 9.05. The van der Waals surface area contributed by atoms with E-state index in [0.717, 1.165) is 62.9 Å². The average Bonchev–Trinajstić information content (AvgIpc) is 2.56. The Morgan fingerprint density at radius 1 is 1.12 bits per heavy atom. The van der Waals surface area contributed by atoms with E-state index in [4.69, 9.17) is 0 Å². The van der Waals surface area contributed by atoms with Crippen LogP contribution in [0.4, 0.5) is 11.4 Å². The molecule has 1 aliphatic heterocycles. The van der Waals surface area contributed by atoms with Crippen LogP contribution in [0.5, 0.6) is 0 Å². The van der Waals surface area contributed by atoms with Crippen molar-refractivity contribution in [1.82, 2.24) is 4.90 Å². The summed E-state index contributed by atoms with van der Waals surface area (Å²) < 4.78 is 0. The fraction of sp³-hybridized carbons (Fsp3) is 0.667. The lowest BCUT2D eigenvalue weighted by Gasteiger charge is -2.40. The molecular formula is C18H29N3O3. The quantitative estimate of drug-likeness (QED) is 0.628. The van der Waals surface area contributed by atoms with Gasteiger partial charge in [0.2, 0.25) is 0 Å². The maximum atomic E-state index is 11.4. The van der Waals surface area contributed by atoms with Crippen LogP contribution in [0.3, 0.4) is 0 Å². The van der Waals surface area contributed by atoms with E-state index in [2.05, 4.69) is 10.2 Å². The van der Waals surface area contributed by atoms with E-state index in [1.54, 1.807) is 6.07 Å². The van der Waals surface area contributed by atoms with E-state index in [1.807, 2.05) is 19.1 Å². The summed E-state index contributed by atoms with van der Waals surface area (Å²) in [7, 11) is 0. The van der Waals surface area contributed by atoms with Crippen molar-refractivity contribution in [1.29, 1.82) is 0 Å². The van der Waals surface area contributed by atoms with E-state index in [-0.39, 0.29) is 6.10 Å². The number of benzene rings is 1. The molecule has 1 aromatic carbocycles. The second-order valence-corrected chi connectivity index (χ2v) is 7.27. The van der Waals surface area contributed by atoms with Gasteiger partial charge in [-0.05, 0) is 57.1 Å². The second-order valence-electron chi connectivity index (χ2n) is 7.27. The molecule has 2 fully saturated rings. The van der Waals surface area contributed by atoms with Crippen LogP contribution >= 0.6 is 0 Å². The number of nitrogens with zero attached hydrogens (tertiary/aromatic N) is 1. The Hall–Kier alpha value is -1.18. The van der Waals surface area contributed by atoms with Crippen LogP contribution in [0.15, 0.2) is 18.2 Å². The van der Waals surface area contributed by atoms with Crippen LogP contribution in [0.1, 0.15) is 44.1 Å². The lowest BCUT2D eigenvalue weighted by molar-refractivity contribution is -0.990. The second kappa shape index (κ2) is 7.80. The smallest absolute Gasteiger partial charge is 0.187 e. The minimum Gasteiger partial charge on any atom is -0.595 e. The van der Waals surface area contributed by atoms with Gasteiger partial charge in [-0.15, -0.1) is 0 Å². The predicted octanol–water partition coefficient (Wildman–Crippen LogP) is 1.58. The normalized spacial score (nSPS) is 27.8. The molecule has 1 aliphatic carbocycles. The van der Waals surface area contributed by atoms with Crippen LogP contribution in [0.2, 0.25) is 0 Å². The van der Waals surface area contributed by atoms with Gasteiger partial charge in [-0.3, -0.25) is 0 Å². The van der Waals surface area contributed by atoms with Gasteiger partial charge in [0.05, 0.1) is 11.8 Å². The van der Waals surface area contributed by atoms with E-state index in [0.29, 0.717) is 17.8 Å². The summed E-state index contributed by atoms with van der Waals surface area (Å²) in [5.41, 5.74) is 2.16. The zero-order valence-corrected chi connectivity index (χ0v) is 14.4. The van der Waals surface area contributed by atoms with Crippen molar-refractivity contribution in [3.8, 4) is 0 Å². The number of hydrogen-bond donors (Lipinski definition) is 4. The molecule has 134 valence electrons. The van der Waals surface area contributed by atoms with E-state index < -0.39 is 5.23 Å². The van der Waals surface area contributed by atoms with Gasteiger partial charge >= 0.3 is 0 Å². The van der Waals surface area contributed by atoms with Crippen LogP contribution in [0.25, 0.3) is 0 Å². The molecule has 4 N–H and O–H groups in total. The summed E-state index contributed by atoms with van der Waals surface area (Å²) in [4.78, 5) is 2.55. The van der Waals surface area contributed by atoms with Gasteiger partial charge in [0.1, 0.15) is 0 Å². The van der Waals surface area contributed by atoms with Crippen LogP contribution < -0.4 is 10.5 Å². The molecule has 1 heterocycles. The van der Waals surface area contributed by atoms with Gasteiger partial charge in [0, 0.05) is 31.2 Å². The van der Waals surface area contributed by atoms with Crippen LogP contribution in [0, 0.1) is 12.1 Å². The molecule has 1 atom stereocenters. The number of aliphatic hydroxyl groups is 1. The first-order chi connectivity index (χ1) is 11.5. The molecule has 3 rings (SSSR count). The van der Waals surface area contributed by atoms with Gasteiger partial charge in [0.15, 0.2) is 5.69 Å². The molecule has 2 aliphatic rings. The number of nitrogens with one attached hydrogen (secondary N) is 2. The Morgan fingerprint density at radius 3 is 2.42 bits per heavy atom. The molecule has 6 heteroatoms. The Morgan fingerprint density at radius 2 is 1.79 bits per heavy atom. The van der Waals surface area contributed by atoms with Gasteiger partial charge in [-0.25, -0.2) is 5.21 Å². The molecule has 1 saturated carbocycles. The monoisotopic (exact) mass is 335 g/mol. The number of aryl methyl sites for hydroxylation is 1. The van der Waals surface area contributed by atoms with Gasteiger partial charge < -0.3 is 20.5 Å².